The molecular formula is H8Cl2N3OP. The van der Waals surface area contributed by atoms with E-state index in [1.807, 2.05) is 0 Å². The van der Waals surface area contributed by atoms with Gasteiger partial charge in [-0.2, -0.15) is 0 Å². The molecular weight excluding hydrogens is 160 g/mol. The first-order chi connectivity index (χ1) is 2.00. The van der Waals surface area contributed by atoms with Crippen LogP contribution in [0.15, 0.2) is 0 Å². The van der Waals surface area contributed by atoms with Gasteiger partial charge in [-0.25, -0.2) is 0 Å². The van der Waals surface area contributed by atoms with E-state index in [4.69, 9.17) is 0 Å². The van der Waals surface area contributed by atoms with E-state index in [9.17, 15) is 4.57 Å². The largest absolute Gasteiger partial charge is 0.272 e. The normalized spacial score (nSPS) is 8.43. The zero-order chi connectivity index (χ0) is 4.50. The minimum Gasteiger partial charge on any atom is -0.272 e. The van der Waals surface area contributed by atoms with Gasteiger partial charge in [0.2, 0.25) is 0 Å². The maximum atomic E-state index is 9.55. The predicted molar refractivity (Wildman–Crippen MR) is 34.7 cm³/mol. The molecule has 48 valence electrons. The smallest absolute Gasteiger partial charge is 0.271 e. The van der Waals surface area contributed by atoms with Gasteiger partial charge in [0.05, 0.1) is 0 Å². The van der Waals surface area contributed by atoms with Crippen LogP contribution in [0.3, 0.4) is 0 Å². The molecule has 0 aromatic carbocycles. The van der Waals surface area contributed by atoms with Crippen LogP contribution in [0, 0.1) is 0 Å². The SMILES string of the molecule is Cl.Cl.NP(N)(N)=O. The standard InChI is InChI=1S/2ClH.H6N3OP/c;;1-5(2,3)4/h2*1H;(H6,1,2,3,4). The van der Waals surface area contributed by atoms with Crippen molar-refractivity contribution in [1.82, 2.24) is 0 Å². The molecule has 0 aromatic rings. The second-order valence-electron chi connectivity index (χ2n) is 0.763. The molecule has 0 saturated heterocycles. The van der Waals surface area contributed by atoms with Gasteiger partial charge >= 0.3 is 0 Å². The van der Waals surface area contributed by atoms with Crippen LogP contribution in [0.5, 0.6) is 0 Å². The number of halogens is 2. The van der Waals surface area contributed by atoms with Crippen LogP contribution in [-0.4, -0.2) is 0 Å². The molecule has 0 aliphatic carbocycles. The van der Waals surface area contributed by atoms with Gasteiger partial charge in [-0.15, -0.1) is 24.8 Å². The Labute approximate surface area is 54.2 Å². The Hall–Kier alpha value is 0.690. The summed E-state index contributed by atoms with van der Waals surface area (Å²) in [5.41, 5.74) is 13.4. The third kappa shape index (κ3) is 309. The summed E-state index contributed by atoms with van der Waals surface area (Å²) >= 11 is 0. The number of rotatable bonds is 0. The molecule has 7 heteroatoms. The van der Waals surface area contributed by atoms with E-state index in [0.717, 1.165) is 0 Å². The van der Waals surface area contributed by atoms with E-state index >= 15 is 0 Å². The number of hydrogen-bond acceptors (Lipinski definition) is 1. The fourth-order valence-corrected chi connectivity index (χ4v) is 0. The van der Waals surface area contributed by atoms with Crippen molar-refractivity contribution in [2.24, 2.45) is 16.5 Å². The summed E-state index contributed by atoms with van der Waals surface area (Å²) in [6.45, 7) is 0. The molecule has 0 radical (unpaired) electrons. The van der Waals surface area contributed by atoms with E-state index in [-0.39, 0.29) is 24.8 Å². The second-order valence-corrected chi connectivity index (χ2v) is 2.29. The molecule has 0 amide bonds. The second kappa shape index (κ2) is 4.84. The molecule has 0 aliphatic heterocycles. The Morgan fingerprint density at radius 1 is 1.00 bits per heavy atom. The first kappa shape index (κ1) is 15.6. The van der Waals surface area contributed by atoms with Crippen molar-refractivity contribution in [3.8, 4) is 0 Å². The maximum absolute atomic E-state index is 9.55. The van der Waals surface area contributed by atoms with Crippen molar-refractivity contribution < 1.29 is 4.57 Å². The quantitative estimate of drug-likeness (QED) is 0.437. The highest BCUT2D eigenvalue weighted by Crippen LogP contribution is 2.06. The summed E-state index contributed by atoms with van der Waals surface area (Å²) in [5, 5.41) is 0. The summed E-state index contributed by atoms with van der Waals surface area (Å²) in [4.78, 5) is 0. The van der Waals surface area contributed by atoms with Crippen molar-refractivity contribution in [3.05, 3.63) is 0 Å². The molecule has 7 heavy (non-hydrogen) atoms. The summed E-state index contributed by atoms with van der Waals surface area (Å²) in [7, 11) is -3.14. The van der Waals surface area contributed by atoms with E-state index in [0.29, 0.717) is 0 Å². The minimum atomic E-state index is -3.14. The highest BCUT2D eigenvalue weighted by molar-refractivity contribution is 7.56. The summed E-state index contributed by atoms with van der Waals surface area (Å²) in [6.07, 6.45) is 0. The van der Waals surface area contributed by atoms with Crippen LogP contribution in [0.1, 0.15) is 0 Å². The van der Waals surface area contributed by atoms with Gasteiger partial charge in [-0.3, -0.25) is 21.1 Å². The zero-order valence-corrected chi connectivity index (χ0v) is 5.93. The van der Waals surface area contributed by atoms with E-state index in [1.54, 1.807) is 0 Å². The van der Waals surface area contributed by atoms with Crippen LogP contribution in [0.25, 0.3) is 0 Å². The molecule has 0 atom stereocenters. The lowest BCUT2D eigenvalue weighted by atomic mass is 13.8. The lowest BCUT2D eigenvalue weighted by molar-refractivity contribution is 0.577. The Morgan fingerprint density at radius 3 is 1.00 bits per heavy atom. The lowest BCUT2D eigenvalue weighted by Crippen LogP contribution is -2.12. The lowest BCUT2D eigenvalue weighted by Gasteiger charge is -1.88. The average molecular weight is 168 g/mol. The molecule has 0 unspecified atom stereocenters. The predicted octanol–water partition coefficient (Wildman–Crippen LogP) is -0.186. The molecule has 0 fully saturated rings. The Morgan fingerprint density at radius 2 is 1.00 bits per heavy atom. The van der Waals surface area contributed by atoms with Gasteiger partial charge in [-0.05, 0) is 0 Å². The van der Waals surface area contributed by atoms with Gasteiger partial charge in [0, 0.05) is 0 Å². The maximum Gasteiger partial charge on any atom is 0.271 e. The highest BCUT2D eigenvalue weighted by atomic mass is 35.5. The average Bonchev–Trinajstić information content (AvgIpc) is 0.722. The third-order valence-corrected chi connectivity index (χ3v) is 0. The number of hydrogen-bond donors (Lipinski definition) is 3. The molecule has 0 aliphatic rings. The van der Waals surface area contributed by atoms with Gasteiger partial charge in [0.1, 0.15) is 0 Å². The van der Waals surface area contributed by atoms with Crippen LogP contribution >= 0.6 is 32.4 Å². The van der Waals surface area contributed by atoms with Crippen LogP contribution in [0.4, 0.5) is 0 Å². The van der Waals surface area contributed by atoms with Gasteiger partial charge in [0.15, 0.2) is 0 Å². The minimum absolute atomic E-state index is 0. The summed E-state index contributed by atoms with van der Waals surface area (Å²) in [5.74, 6) is 0. The van der Waals surface area contributed by atoms with Crippen molar-refractivity contribution in [2.45, 2.75) is 0 Å². The molecule has 0 spiro atoms. The monoisotopic (exact) mass is 167 g/mol. The first-order valence-corrected chi connectivity index (χ1v) is 2.87. The molecule has 0 bridgehead atoms. The van der Waals surface area contributed by atoms with E-state index < -0.39 is 7.59 Å². The van der Waals surface area contributed by atoms with Crippen molar-refractivity contribution in [1.29, 1.82) is 0 Å². The summed E-state index contributed by atoms with van der Waals surface area (Å²) in [6, 6.07) is 0. The van der Waals surface area contributed by atoms with Crippen molar-refractivity contribution in [3.63, 3.8) is 0 Å². The topological polar surface area (TPSA) is 95.1 Å². The highest BCUT2D eigenvalue weighted by Gasteiger charge is 1.90. The molecule has 0 saturated carbocycles. The molecule has 6 N–H and O–H groups in total. The Kier molecular flexibility index (Phi) is 10.8. The van der Waals surface area contributed by atoms with Crippen LogP contribution in [-0.2, 0) is 4.57 Å². The van der Waals surface area contributed by atoms with Gasteiger partial charge in [0.25, 0.3) is 7.59 Å². The van der Waals surface area contributed by atoms with Crippen LogP contribution in [0.2, 0.25) is 0 Å². The fourth-order valence-electron chi connectivity index (χ4n) is 0. The van der Waals surface area contributed by atoms with Gasteiger partial charge < -0.3 is 0 Å². The molecule has 0 rings (SSSR count). The molecule has 0 heterocycles. The Balaban J connectivity index is -0.0000000800. The summed E-state index contributed by atoms with van der Waals surface area (Å²) < 4.78 is 9.55. The first-order valence-electron chi connectivity index (χ1n) is 0.957. The Bertz CT molecular complexity index is 59.1. The third-order valence-electron chi connectivity index (χ3n) is 0. The number of nitrogens with two attached hydrogens (primary N) is 3. The fraction of sp³-hybridized carbons (Fsp3) is 0. The van der Waals surface area contributed by atoms with Gasteiger partial charge in [-0.1, -0.05) is 0 Å². The van der Waals surface area contributed by atoms with E-state index in [1.165, 1.54) is 0 Å². The van der Waals surface area contributed by atoms with Crippen LogP contribution < -0.4 is 16.5 Å². The molecule has 0 aromatic heterocycles. The zero-order valence-electron chi connectivity index (χ0n) is 3.40. The van der Waals surface area contributed by atoms with Crippen molar-refractivity contribution >= 4 is 32.4 Å². The molecule has 4 nitrogen and oxygen atoms in total. The van der Waals surface area contributed by atoms with Crippen molar-refractivity contribution in [2.75, 3.05) is 0 Å². The van der Waals surface area contributed by atoms with E-state index in [2.05, 4.69) is 16.5 Å².